The molecule has 0 radical (unpaired) electrons. The van der Waals surface area contributed by atoms with Crippen LogP contribution < -0.4 is 5.32 Å². The van der Waals surface area contributed by atoms with Crippen LogP contribution in [0.5, 0.6) is 0 Å². The molecule has 1 aliphatic heterocycles. The molecule has 31 heavy (non-hydrogen) atoms. The minimum atomic E-state index is -0.533. The summed E-state index contributed by atoms with van der Waals surface area (Å²) >= 11 is 5.84. The van der Waals surface area contributed by atoms with E-state index in [4.69, 9.17) is 21.1 Å². The van der Waals surface area contributed by atoms with Crippen LogP contribution in [0.3, 0.4) is 0 Å². The molecule has 0 aromatic heterocycles. The zero-order valence-corrected chi connectivity index (χ0v) is 18.6. The summed E-state index contributed by atoms with van der Waals surface area (Å²) in [6.45, 7) is 2.07. The number of rotatable bonds is 6. The number of nitrogens with zero attached hydrogens (tertiary/aromatic N) is 2. The topological polar surface area (TPSA) is 71.1 Å². The molecule has 1 aliphatic rings. The van der Waals surface area contributed by atoms with Crippen molar-refractivity contribution >= 4 is 29.4 Å². The normalized spacial score (nSPS) is 14.2. The summed E-state index contributed by atoms with van der Waals surface area (Å²) in [6, 6.07) is 14.5. The van der Waals surface area contributed by atoms with Crippen LogP contribution in [0.15, 0.2) is 48.5 Å². The molecule has 0 bridgehead atoms. The molecule has 1 fully saturated rings. The third-order valence-electron chi connectivity index (χ3n) is 5.28. The molecule has 3 rings (SSSR count). The molecule has 2 aromatic rings. The summed E-state index contributed by atoms with van der Waals surface area (Å²) < 4.78 is 10.6. The number of ether oxygens (including phenoxy) is 2. The monoisotopic (exact) mass is 445 g/mol. The molecule has 166 valence electrons. The maximum Gasteiger partial charge on any atom is 0.411 e. The van der Waals surface area contributed by atoms with Gasteiger partial charge in [0.05, 0.1) is 6.10 Å². The van der Waals surface area contributed by atoms with Crippen molar-refractivity contribution in [2.75, 3.05) is 32.6 Å². The van der Waals surface area contributed by atoms with Crippen LogP contribution >= 0.6 is 11.6 Å². The third kappa shape index (κ3) is 6.87. The van der Waals surface area contributed by atoms with Gasteiger partial charge in [0.1, 0.15) is 6.61 Å². The number of nitrogens with one attached hydrogen (secondary N) is 1. The predicted molar refractivity (Wildman–Crippen MR) is 120 cm³/mol. The Morgan fingerprint density at radius 2 is 1.68 bits per heavy atom. The molecule has 1 saturated heterocycles. The zero-order chi connectivity index (χ0) is 22.2. The number of amides is 3. The van der Waals surface area contributed by atoms with Crippen molar-refractivity contribution in [1.82, 2.24) is 9.80 Å². The van der Waals surface area contributed by atoms with Gasteiger partial charge in [-0.3, -0.25) is 5.32 Å². The van der Waals surface area contributed by atoms with Gasteiger partial charge in [0.15, 0.2) is 0 Å². The van der Waals surface area contributed by atoms with E-state index in [0.717, 1.165) is 24.0 Å². The van der Waals surface area contributed by atoms with Crippen molar-refractivity contribution in [3.05, 3.63) is 64.7 Å². The molecule has 0 aliphatic carbocycles. The lowest BCUT2D eigenvalue weighted by molar-refractivity contribution is 0.0454. The van der Waals surface area contributed by atoms with Crippen LogP contribution in [0.25, 0.3) is 0 Å². The maximum absolute atomic E-state index is 12.6. The fraction of sp³-hybridized carbons (Fsp3) is 0.391. The van der Waals surface area contributed by atoms with E-state index in [0.29, 0.717) is 30.3 Å². The van der Waals surface area contributed by atoms with Gasteiger partial charge in [0.25, 0.3) is 0 Å². The lowest BCUT2D eigenvalue weighted by atomic mass is 10.1. The summed E-state index contributed by atoms with van der Waals surface area (Å²) in [5.74, 6) is 0. The molecular formula is C23H28ClN3O4. The summed E-state index contributed by atoms with van der Waals surface area (Å²) in [6.07, 6.45) is 1.44. The van der Waals surface area contributed by atoms with E-state index in [1.807, 2.05) is 29.2 Å². The van der Waals surface area contributed by atoms with Crippen LogP contribution in [-0.4, -0.2) is 55.3 Å². The lowest BCUT2D eigenvalue weighted by Crippen LogP contribution is -2.46. The molecule has 8 heteroatoms. The molecule has 0 unspecified atom stereocenters. The number of anilines is 1. The average Bonchev–Trinajstić information content (AvgIpc) is 2.79. The van der Waals surface area contributed by atoms with Gasteiger partial charge >= 0.3 is 12.1 Å². The van der Waals surface area contributed by atoms with Gasteiger partial charge in [-0.15, -0.1) is 0 Å². The van der Waals surface area contributed by atoms with Crippen LogP contribution in [0.4, 0.5) is 15.3 Å². The standard InChI is InChI=1S/C23H28ClN3O4/c1-26(23(29)27-13-11-21(30-2)12-14-27)15-17-5-9-20(10-6-17)25-22(28)31-16-18-3-7-19(24)8-4-18/h3-10,21H,11-16H2,1-2H3,(H,25,28). The molecule has 1 N–H and O–H groups in total. The highest BCUT2D eigenvalue weighted by molar-refractivity contribution is 6.30. The first-order chi connectivity index (χ1) is 14.9. The van der Waals surface area contributed by atoms with Gasteiger partial charge in [0.2, 0.25) is 0 Å². The van der Waals surface area contributed by atoms with E-state index < -0.39 is 6.09 Å². The van der Waals surface area contributed by atoms with E-state index in [1.54, 1.807) is 43.3 Å². The largest absolute Gasteiger partial charge is 0.444 e. The Kier molecular flexibility index (Phi) is 8.14. The second-order valence-corrected chi connectivity index (χ2v) is 8.02. The second kappa shape index (κ2) is 11.0. The number of urea groups is 1. The number of carbonyl (C=O) groups excluding carboxylic acids is 2. The molecule has 3 amide bonds. The Labute approximate surface area is 187 Å². The Balaban J connectivity index is 1.44. The van der Waals surface area contributed by atoms with E-state index in [9.17, 15) is 9.59 Å². The van der Waals surface area contributed by atoms with E-state index in [1.165, 1.54) is 0 Å². The van der Waals surface area contributed by atoms with Crippen LogP contribution in [0, 0.1) is 0 Å². The predicted octanol–water partition coefficient (Wildman–Crippen LogP) is 4.75. The van der Waals surface area contributed by atoms with Gasteiger partial charge in [0, 0.05) is 44.5 Å². The molecule has 2 aromatic carbocycles. The number of hydrogen-bond acceptors (Lipinski definition) is 4. The van der Waals surface area contributed by atoms with Gasteiger partial charge < -0.3 is 19.3 Å². The summed E-state index contributed by atoms with van der Waals surface area (Å²) in [5, 5.41) is 3.34. The Bertz CT molecular complexity index is 865. The highest BCUT2D eigenvalue weighted by Gasteiger charge is 2.24. The van der Waals surface area contributed by atoms with Crippen molar-refractivity contribution in [2.45, 2.75) is 32.1 Å². The first-order valence-electron chi connectivity index (χ1n) is 10.2. The number of hydrogen-bond donors (Lipinski definition) is 1. The molecule has 0 spiro atoms. The number of benzene rings is 2. The SMILES string of the molecule is COC1CCN(C(=O)N(C)Cc2ccc(NC(=O)OCc3ccc(Cl)cc3)cc2)CC1. The fourth-order valence-corrected chi connectivity index (χ4v) is 3.57. The van der Waals surface area contributed by atoms with Crippen molar-refractivity contribution in [3.63, 3.8) is 0 Å². The van der Waals surface area contributed by atoms with Gasteiger partial charge in [-0.2, -0.15) is 0 Å². The van der Waals surface area contributed by atoms with Crippen molar-refractivity contribution in [2.24, 2.45) is 0 Å². The first kappa shape index (κ1) is 22.9. The molecule has 0 atom stereocenters. The van der Waals surface area contributed by atoms with E-state index >= 15 is 0 Å². The first-order valence-corrected chi connectivity index (χ1v) is 10.6. The Morgan fingerprint density at radius 1 is 1.06 bits per heavy atom. The number of carbonyl (C=O) groups is 2. The average molecular weight is 446 g/mol. The Hall–Kier alpha value is -2.77. The highest BCUT2D eigenvalue weighted by Crippen LogP contribution is 2.17. The van der Waals surface area contributed by atoms with Crippen LogP contribution in [0.1, 0.15) is 24.0 Å². The lowest BCUT2D eigenvalue weighted by Gasteiger charge is -2.34. The molecular weight excluding hydrogens is 418 g/mol. The van der Waals surface area contributed by atoms with Crippen molar-refractivity contribution < 1.29 is 19.1 Å². The zero-order valence-electron chi connectivity index (χ0n) is 17.8. The number of likely N-dealkylation sites (tertiary alicyclic amines) is 1. The maximum atomic E-state index is 12.6. The van der Waals surface area contributed by atoms with Crippen LogP contribution in [0.2, 0.25) is 5.02 Å². The smallest absolute Gasteiger partial charge is 0.411 e. The number of methoxy groups -OCH3 is 1. The summed E-state index contributed by atoms with van der Waals surface area (Å²) in [7, 11) is 3.51. The van der Waals surface area contributed by atoms with Gasteiger partial charge in [-0.25, -0.2) is 9.59 Å². The third-order valence-corrected chi connectivity index (χ3v) is 5.53. The van der Waals surface area contributed by atoms with Gasteiger partial charge in [-0.1, -0.05) is 35.9 Å². The minimum Gasteiger partial charge on any atom is -0.444 e. The molecule has 7 nitrogen and oxygen atoms in total. The number of halogens is 1. The van der Waals surface area contributed by atoms with Gasteiger partial charge in [-0.05, 0) is 48.2 Å². The Morgan fingerprint density at radius 3 is 2.29 bits per heavy atom. The second-order valence-electron chi connectivity index (χ2n) is 7.59. The van der Waals surface area contributed by atoms with Crippen molar-refractivity contribution in [3.8, 4) is 0 Å². The van der Waals surface area contributed by atoms with E-state index in [-0.39, 0.29) is 18.7 Å². The van der Waals surface area contributed by atoms with Crippen LogP contribution in [-0.2, 0) is 22.6 Å². The quantitative estimate of drug-likeness (QED) is 0.696. The highest BCUT2D eigenvalue weighted by atomic mass is 35.5. The molecule has 0 saturated carbocycles. The minimum absolute atomic E-state index is 0.0162. The summed E-state index contributed by atoms with van der Waals surface area (Å²) in [4.78, 5) is 28.2. The fourth-order valence-electron chi connectivity index (χ4n) is 3.44. The summed E-state index contributed by atoms with van der Waals surface area (Å²) in [5.41, 5.74) is 2.46. The van der Waals surface area contributed by atoms with Crippen molar-refractivity contribution in [1.29, 1.82) is 0 Å². The molecule has 1 heterocycles. The number of piperidine rings is 1. The van der Waals surface area contributed by atoms with E-state index in [2.05, 4.69) is 5.32 Å².